The molecule has 1 aliphatic rings. The van der Waals surface area contributed by atoms with Gasteiger partial charge in [-0.2, -0.15) is 0 Å². The third-order valence-corrected chi connectivity index (χ3v) is 6.53. The Balaban J connectivity index is 2.04. The predicted molar refractivity (Wildman–Crippen MR) is 93.7 cm³/mol. The van der Waals surface area contributed by atoms with Crippen molar-refractivity contribution >= 4 is 45.5 Å². The molecule has 5 heteroatoms. The lowest BCUT2D eigenvalue weighted by atomic mass is 9.95. The third kappa shape index (κ3) is 2.88. The van der Waals surface area contributed by atoms with Gasteiger partial charge < -0.3 is 0 Å². The molecule has 2 heterocycles. The standard InChI is InChI=1S/C15H16ClIN2S/c1-15(2,3)10-7-6-9(20-10)14-18-12(8-4-5-8)11(17)13(16)19-14/h6-8H,4-5H2,1-3H3. The fourth-order valence-corrected chi connectivity index (χ4v) is 3.89. The van der Waals surface area contributed by atoms with Crippen LogP contribution >= 0.6 is 45.5 Å². The molecule has 1 aliphatic carbocycles. The van der Waals surface area contributed by atoms with Crippen LogP contribution in [0.25, 0.3) is 10.7 Å². The van der Waals surface area contributed by atoms with Gasteiger partial charge in [0.25, 0.3) is 0 Å². The van der Waals surface area contributed by atoms with Gasteiger partial charge >= 0.3 is 0 Å². The summed E-state index contributed by atoms with van der Waals surface area (Å²) in [5.74, 6) is 1.36. The molecule has 0 bridgehead atoms. The maximum atomic E-state index is 6.28. The maximum absolute atomic E-state index is 6.28. The molecule has 2 aromatic rings. The molecule has 0 amide bonds. The van der Waals surface area contributed by atoms with Gasteiger partial charge in [0.05, 0.1) is 14.1 Å². The van der Waals surface area contributed by atoms with Crippen molar-refractivity contribution in [1.29, 1.82) is 0 Å². The molecule has 1 fully saturated rings. The van der Waals surface area contributed by atoms with E-state index in [4.69, 9.17) is 16.6 Å². The summed E-state index contributed by atoms with van der Waals surface area (Å²) in [5, 5.41) is 0.586. The van der Waals surface area contributed by atoms with Crippen molar-refractivity contribution in [2.45, 2.75) is 44.9 Å². The van der Waals surface area contributed by atoms with Crippen LogP contribution in [0.1, 0.15) is 50.1 Å². The zero-order chi connectivity index (χ0) is 14.5. The van der Waals surface area contributed by atoms with Gasteiger partial charge in [0.1, 0.15) is 5.15 Å². The van der Waals surface area contributed by atoms with Crippen molar-refractivity contribution in [3.8, 4) is 10.7 Å². The average Bonchev–Trinajstić information content (AvgIpc) is 3.06. The maximum Gasteiger partial charge on any atom is 0.171 e. The molecular weight excluding hydrogens is 403 g/mol. The highest BCUT2D eigenvalue weighted by molar-refractivity contribution is 14.1. The van der Waals surface area contributed by atoms with E-state index in [1.54, 1.807) is 11.3 Å². The Morgan fingerprint density at radius 1 is 1.25 bits per heavy atom. The van der Waals surface area contributed by atoms with E-state index >= 15 is 0 Å². The van der Waals surface area contributed by atoms with E-state index in [9.17, 15) is 0 Å². The Morgan fingerprint density at radius 2 is 1.95 bits per heavy atom. The van der Waals surface area contributed by atoms with Crippen LogP contribution in [0.2, 0.25) is 5.15 Å². The van der Waals surface area contributed by atoms with E-state index in [1.165, 1.54) is 17.7 Å². The quantitative estimate of drug-likeness (QED) is 0.466. The Morgan fingerprint density at radius 3 is 2.50 bits per heavy atom. The molecule has 3 rings (SSSR count). The van der Waals surface area contributed by atoms with Gasteiger partial charge in [0.2, 0.25) is 0 Å². The smallest absolute Gasteiger partial charge is 0.171 e. The van der Waals surface area contributed by atoms with Crippen LogP contribution in [0, 0.1) is 3.57 Å². The van der Waals surface area contributed by atoms with E-state index in [-0.39, 0.29) is 5.41 Å². The number of nitrogens with zero attached hydrogens (tertiary/aromatic N) is 2. The topological polar surface area (TPSA) is 25.8 Å². The van der Waals surface area contributed by atoms with E-state index in [2.05, 4.69) is 60.5 Å². The van der Waals surface area contributed by atoms with Crippen molar-refractivity contribution in [2.75, 3.05) is 0 Å². The van der Waals surface area contributed by atoms with Crippen LogP contribution in [0.15, 0.2) is 12.1 Å². The van der Waals surface area contributed by atoms with Gasteiger partial charge in [0, 0.05) is 10.8 Å². The summed E-state index contributed by atoms with van der Waals surface area (Å²) in [7, 11) is 0. The number of thiophene rings is 1. The van der Waals surface area contributed by atoms with Crippen molar-refractivity contribution in [2.24, 2.45) is 0 Å². The summed E-state index contributed by atoms with van der Waals surface area (Å²) < 4.78 is 1.02. The lowest BCUT2D eigenvalue weighted by Crippen LogP contribution is -2.07. The minimum Gasteiger partial charge on any atom is -0.231 e. The first-order valence-corrected chi connectivity index (χ1v) is 8.97. The monoisotopic (exact) mass is 418 g/mol. The third-order valence-electron chi connectivity index (χ3n) is 3.37. The number of hydrogen-bond acceptors (Lipinski definition) is 3. The van der Waals surface area contributed by atoms with Gasteiger partial charge in [-0.15, -0.1) is 11.3 Å². The molecule has 0 aliphatic heterocycles. The van der Waals surface area contributed by atoms with Crippen molar-refractivity contribution in [3.05, 3.63) is 31.4 Å². The molecule has 0 aromatic carbocycles. The summed E-state index contributed by atoms with van der Waals surface area (Å²) in [5.41, 5.74) is 1.29. The summed E-state index contributed by atoms with van der Waals surface area (Å²) in [6.07, 6.45) is 2.45. The predicted octanol–water partition coefficient (Wildman–Crippen LogP) is 5.64. The Hall–Kier alpha value is -0.200. The average molecular weight is 419 g/mol. The highest BCUT2D eigenvalue weighted by atomic mass is 127. The molecule has 0 saturated heterocycles. The molecule has 20 heavy (non-hydrogen) atoms. The van der Waals surface area contributed by atoms with Crippen LogP contribution in [0.3, 0.4) is 0 Å². The van der Waals surface area contributed by atoms with Gasteiger partial charge in [-0.1, -0.05) is 32.4 Å². The Bertz CT molecular complexity index is 656. The van der Waals surface area contributed by atoms with E-state index < -0.39 is 0 Å². The summed E-state index contributed by atoms with van der Waals surface area (Å²) in [6.45, 7) is 6.67. The molecule has 2 aromatic heterocycles. The van der Waals surface area contributed by atoms with Crippen LogP contribution in [-0.2, 0) is 5.41 Å². The second-order valence-electron chi connectivity index (χ2n) is 6.23. The SMILES string of the molecule is CC(C)(C)c1ccc(-c2nc(Cl)c(I)c(C3CC3)n2)s1. The molecule has 0 N–H and O–H groups in total. The minimum absolute atomic E-state index is 0.162. The lowest BCUT2D eigenvalue weighted by molar-refractivity contribution is 0.604. The normalized spacial score (nSPS) is 15.7. The number of aromatic nitrogens is 2. The van der Waals surface area contributed by atoms with Crippen LogP contribution in [0.4, 0.5) is 0 Å². The van der Waals surface area contributed by atoms with Gasteiger partial charge in [-0.3, -0.25) is 0 Å². The molecule has 106 valence electrons. The van der Waals surface area contributed by atoms with Gasteiger partial charge in [-0.05, 0) is 53.0 Å². The number of halogens is 2. The van der Waals surface area contributed by atoms with Crippen molar-refractivity contribution < 1.29 is 0 Å². The Labute approximate surface area is 142 Å². The molecule has 2 nitrogen and oxygen atoms in total. The van der Waals surface area contributed by atoms with Gasteiger partial charge in [0.15, 0.2) is 5.82 Å². The summed E-state index contributed by atoms with van der Waals surface area (Å²) in [6, 6.07) is 4.28. The second-order valence-corrected chi connectivity index (χ2v) is 8.75. The summed E-state index contributed by atoms with van der Waals surface area (Å²) >= 11 is 10.3. The first-order valence-electron chi connectivity index (χ1n) is 6.70. The molecule has 0 atom stereocenters. The van der Waals surface area contributed by atoms with Gasteiger partial charge in [-0.25, -0.2) is 9.97 Å². The fraction of sp³-hybridized carbons (Fsp3) is 0.467. The zero-order valence-electron chi connectivity index (χ0n) is 11.7. The van der Waals surface area contributed by atoms with Crippen molar-refractivity contribution in [3.63, 3.8) is 0 Å². The summed E-state index contributed by atoms with van der Waals surface area (Å²) in [4.78, 5) is 11.7. The van der Waals surface area contributed by atoms with E-state index in [0.717, 1.165) is 20.0 Å². The van der Waals surface area contributed by atoms with Crippen LogP contribution in [-0.4, -0.2) is 9.97 Å². The Kier molecular flexibility index (Phi) is 3.84. The number of hydrogen-bond donors (Lipinski definition) is 0. The highest BCUT2D eigenvalue weighted by Crippen LogP contribution is 2.43. The minimum atomic E-state index is 0.162. The van der Waals surface area contributed by atoms with E-state index in [1.807, 2.05) is 0 Å². The molecule has 0 radical (unpaired) electrons. The molecular formula is C15H16ClIN2S. The largest absolute Gasteiger partial charge is 0.231 e. The highest BCUT2D eigenvalue weighted by Gasteiger charge is 2.29. The van der Waals surface area contributed by atoms with Crippen LogP contribution in [0.5, 0.6) is 0 Å². The zero-order valence-corrected chi connectivity index (χ0v) is 15.4. The molecule has 0 unspecified atom stereocenters. The molecule has 1 saturated carbocycles. The molecule has 0 spiro atoms. The van der Waals surface area contributed by atoms with Crippen LogP contribution < -0.4 is 0 Å². The second kappa shape index (κ2) is 5.21. The van der Waals surface area contributed by atoms with Crippen molar-refractivity contribution in [1.82, 2.24) is 9.97 Å². The lowest BCUT2D eigenvalue weighted by Gasteiger charge is -2.15. The first kappa shape index (κ1) is 14.7. The fourth-order valence-electron chi connectivity index (χ4n) is 2.03. The number of rotatable bonds is 2. The van der Waals surface area contributed by atoms with E-state index in [0.29, 0.717) is 11.1 Å². The first-order chi connectivity index (χ1) is 9.36.